The number of nitrogens with two attached hydrogens (primary N) is 1. The number of carbonyl (C=O) groups excluding carboxylic acids is 1. The number of hydrogen-bond acceptors (Lipinski definition) is 3. The largest absolute Gasteiger partial charge is 0.339 e. The molecule has 2 bridgehead atoms. The van der Waals surface area contributed by atoms with Gasteiger partial charge in [-0.2, -0.15) is 0 Å². The molecule has 4 nitrogen and oxygen atoms in total. The summed E-state index contributed by atoms with van der Waals surface area (Å²) in [6.07, 6.45) is 7.02. The van der Waals surface area contributed by atoms with Gasteiger partial charge in [0, 0.05) is 31.1 Å². The molecule has 4 atom stereocenters. The smallest absolute Gasteiger partial charge is 0.223 e. The van der Waals surface area contributed by atoms with Gasteiger partial charge in [0.2, 0.25) is 5.91 Å². The van der Waals surface area contributed by atoms with Crippen molar-refractivity contribution in [2.45, 2.75) is 56.7 Å². The monoisotopic (exact) mass is 251 g/mol. The maximum Gasteiger partial charge on any atom is 0.223 e. The molecule has 102 valence electrons. The Balaban J connectivity index is 1.69. The molecule has 0 aromatic rings. The van der Waals surface area contributed by atoms with E-state index in [4.69, 9.17) is 5.73 Å². The number of piperidine rings is 2. The number of likely N-dealkylation sites (tertiary alicyclic amines) is 1. The van der Waals surface area contributed by atoms with Gasteiger partial charge in [0.05, 0.1) is 0 Å². The third kappa shape index (κ3) is 2.05. The van der Waals surface area contributed by atoms with Crippen LogP contribution in [0.2, 0.25) is 0 Å². The van der Waals surface area contributed by atoms with Crippen LogP contribution in [0, 0.1) is 5.92 Å². The number of nitrogens with zero attached hydrogens (tertiary/aromatic N) is 2. The summed E-state index contributed by atoms with van der Waals surface area (Å²) in [5.41, 5.74) is 5.71. The normalized spacial score (nSPS) is 41.4. The number of rotatable bonds is 2. The SMILES string of the molecule is CN1[C@@H]2CCC[C@H]1CC(N1CC(CN)CC1=O)C2. The van der Waals surface area contributed by atoms with Crippen LogP contribution in [0.25, 0.3) is 0 Å². The topological polar surface area (TPSA) is 49.6 Å². The van der Waals surface area contributed by atoms with E-state index in [1.54, 1.807) is 0 Å². The number of hydrogen-bond donors (Lipinski definition) is 1. The second-order valence-corrected chi connectivity index (χ2v) is 6.38. The molecule has 0 saturated carbocycles. The summed E-state index contributed by atoms with van der Waals surface area (Å²) >= 11 is 0. The van der Waals surface area contributed by atoms with Crippen molar-refractivity contribution < 1.29 is 4.79 Å². The summed E-state index contributed by atoms with van der Waals surface area (Å²) in [5.74, 6) is 0.745. The van der Waals surface area contributed by atoms with Gasteiger partial charge in [0.25, 0.3) is 0 Å². The average molecular weight is 251 g/mol. The minimum atomic E-state index is 0.345. The van der Waals surface area contributed by atoms with Gasteiger partial charge in [-0.3, -0.25) is 4.79 Å². The third-order valence-electron chi connectivity index (χ3n) is 5.33. The van der Waals surface area contributed by atoms with Crippen molar-refractivity contribution >= 4 is 5.91 Å². The van der Waals surface area contributed by atoms with Crippen molar-refractivity contribution in [1.29, 1.82) is 0 Å². The predicted molar refractivity (Wildman–Crippen MR) is 71.1 cm³/mol. The number of carbonyl (C=O) groups is 1. The van der Waals surface area contributed by atoms with E-state index >= 15 is 0 Å². The van der Waals surface area contributed by atoms with E-state index in [0.717, 1.165) is 6.54 Å². The first kappa shape index (κ1) is 12.4. The Hall–Kier alpha value is -0.610. The zero-order chi connectivity index (χ0) is 12.7. The lowest BCUT2D eigenvalue weighted by atomic mass is 9.82. The molecule has 0 aromatic carbocycles. The molecule has 3 saturated heterocycles. The summed E-state index contributed by atoms with van der Waals surface area (Å²) in [6.45, 7) is 1.56. The summed E-state index contributed by atoms with van der Waals surface area (Å²) in [5, 5.41) is 0. The molecule has 3 aliphatic rings. The van der Waals surface area contributed by atoms with Crippen molar-refractivity contribution in [2.75, 3.05) is 20.1 Å². The highest BCUT2D eigenvalue weighted by molar-refractivity contribution is 5.79. The molecule has 0 aliphatic carbocycles. The quantitative estimate of drug-likeness (QED) is 0.790. The van der Waals surface area contributed by atoms with Crippen LogP contribution in [-0.2, 0) is 4.79 Å². The van der Waals surface area contributed by atoms with Gasteiger partial charge in [-0.05, 0) is 45.2 Å². The van der Waals surface area contributed by atoms with Crippen LogP contribution in [-0.4, -0.2) is 54.0 Å². The van der Waals surface area contributed by atoms with Crippen molar-refractivity contribution in [3.63, 3.8) is 0 Å². The molecule has 3 heterocycles. The van der Waals surface area contributed by atoms with Gasteiger partial charge in [-0.25, -0.2) is 0 Å². The Morgan fingerprint density at radius 1 is 1.22 bits per heavy atom. The molecule has 0 radical (unpaired) electrons. The Morgan fingerprint density at radius 3 is 2.44 bits per heavy atom. The first-order valence-corrected chi connectivity index (χ1v) is 7.40. The first-order valence-electron chi connectivity index (χ1n) is 7.40. The fraction of sp³-hybridized carbons (Fsp3) is 0.929. The fourth-order valence-electron chi connectivity index (χ4n) is 4.16. The highest BCUT2D eigenvalue weighted by Crippen LogP contribution is 2.36. The summed E-state index contributed by atoms with van der Waals surface area (Å²) in [6, 6.07) is 1.89. The molecule has 4 heteroatoms. The molecule has 2 N–H and O–H groups in total. The number of fused-ring (bicyclic) bond motifs is 2. The van der Waals surface area contributed by atoms with Crippen LogP contribution >= 0.6 is 0 Å². The van der Waals surface area contributed by atoms with Gasteiger partial charge in [-0.15, -0.1) is 0 Å². The van der Waals surface area contributed by atoms with Crippen molar-refractivity contribution in [2.24, 2.45) is 11.7 Å². The second-order valence-electron chi connectivity index (χ2n) is 6.38. The van der Waals surface area contributed by atoms with E-state index in [1.165, 1.54) is 32.1 Å². The minimum Gasteiger partial charge on any atom is -0.339 e. The molecule has 3 fully saturated rings. The van der Waals surface area contributed by atoms with E-state index in [0.29, 0.717) is 42.9 Å². The second kappa shape index (κ2) is 4.82. The van der Waals surface area contributed by atoms with Gasteiger partial charge < -0.3 is 15.5 Å². The van der Waals surface area contributed by atoms with E-state index in [2.05, 4.69) is 16.8 Å². The molecule has 3 aliphatic heterocycles. The van der Waals surface area contributed by atoms with Gasteiger partial charge in [-0.1, -0.05) is 6.42 Å². The maximum atomic E-state index is 12.1. The van der Waals surface area contributed by atoms with Crippen molar-refractivity contribution in [3.8, 4) is 0 Å². The molecule has 0 aromatic heterocycles. The Bertz CT molecular complexity index is 319. The van der Waals surface area contributed by atoms with Crippen molar-refractivity contribution in [3.05, 3.63) is 0 Å². The van der Waals surface area contributed by atoms with Crippen LogP contribution in [0.3, 0.4) is 0 Å². The Labute approximate surface area is 109 Å². The van der Waals surface area contributed by atoms with Crippen LogP contribution < -0.4 is 5.73 Å². The van der Waals surface area contributed by atoms with Crippen LogP contribution in [0.15, 0.2) is 0 Å². The molecule has 18 heavy (non-hydrogen) atoms. The fourth-order valence-corrected chi connectivity index (χ4v) is 4.16. The van der Waals surface area contributed by atoms with Crippen LogP contribution in [0.4, 0.5) is 0 Å². The summed E-state index contributed by atoms with van der Waals surface area (Å²) < 4.78 is 0. The molecule has 1 amide bonds. The Morgan fingerprint density at radius 2 is 1.89 bits per heavy atom. The first-order chi connectivity index (χ1) is 8.69. The summed E-state index contributed by atoms with van der Waals surface area (Å²) in [7, 11) is 2.26. The summed E-state index contributed by atoms with van der Waals surface area (Å²) in [4.78, 5) is 16.8. The standard InChI is InChI=1S/C14H25N3O/c1-16-11-3-2-4-12(16)7-13(6-11)17-9-10(8-15)5-14(17)18/h10-13H,2-9,15H2,1H3/t10?,11-,12+,13?. The third-order valence-corrected chi connectivity index (χ3v) is 5.33. The highest BCUT2D eigenvalue weighted by atomic mass is 16.2. The predicted octanol–water partition coefficient (Wildman–Crippen LogP) is 0.809. The van der Waals surface area contributed by atoms with Crippen LogP contribution in [0.5, 0.6) is 0 Å². The maximum absolute atomic E-state index is 12.1. The van der Waals surface area contributed by atoms with E-state index in [1.807, 2.05) is 0 Å². The van der Waals surface area contributed by atoms with E-state index in [9.17, 15) is 4.79 Å². The lowest BCUT2D eigenvalue weighted by molar-refractivity contribution is -0.131. The molecular weight excluding hydrogens is 226 g/mol. The van der Waals surface area contributed by atoms with E-state index in [-0.39, 0.29) is 0 Å². The highest BCUT2D eigenvalue weighted by Gasteiger charge is 2.41. The van der Waals surface area contributed by atoms with Gasteiger partial charge >= 0.3 is 0 Å². The zero-order valence-electron chi connectivity index (χ0n) is 11.3. The van der Waals surface area contributed by atoms with Crippen molar-refractivity contribution in [1.82, 2.24) is 9.80 Å². The zero-order valence-corrected chi connectivity index (χ0v) is 11.3. The average Bonchev–Trinajstić information content (AvgIpc) is 2.70. The van der Waals surface area contributed by atoms with E-state index < -0.39 is 0 Å². The van der Waals surface area contributed by atoms with Crippen LogP contribution in [0.1, 0.15) is 38.5 Å². The molecular formula is C14H25N3O. The molecule has 0 spiro atoms. The lowest BCUT2D eigenvalue weighted by Gasteiger charge is -2.49. The lowest BCUT2D eigenvalue weighted by Crippen LogP contribution is -2.55. The van der Waals surface area contributed by atoms with Gasteiger partial charge in [0.15, 0.2) is 0 Å². The number of amides is 1. The van der Waals surface area contributed by atoms with Gasteiger partial charge in [0.1, 0.15) is 0 Å². The molecule has 2 unspecified atom stereocenters. The molecule has 3 rings (SSSR count). The Kier molecular flexibility index (Phi) is 3.32. The minimum absolute atomic E-state index is 0.345.